The minimum Gasteiger partial charge on any atom is -0.396 e. The molecular weight excluding hydrogens is 194 g/mol. The summed E-state index contributed by atoms with van der Waals surface area (Å²) in [5, 5.41) is 10.6. The van der Waals surface area contributed by atoms with Crippen molar-refractivity contribution in [3.8, 4) is 0 Å². The van der Waals surface area contributed by atoms with Gasteiger partial charge in [0.05, 0.1) is 0 Å². The van der Waals surface area contributed by atoms with Gasteiger partial charge in [0.2, 0.25) is 5.91 Å². The highest BCUT2D eigenvalue weighted by atomic mass is 16.3. The summed E-state index contributed by atoms with van der Waals surface area (Å²) in [5.74, 6) is 0.0630. The van der Waals surface area contributed by atoms with Gasteiger partial charge in [0.25, 0.3) is 0 Å². The summed E-state index contributed by atoms with van der Waals surface area (Å²) in [6, 6.07) is 0. The Morgan fingerprint density at radius 3 is 2.53 bits per heavy atom. The fourth-order valence-electron chi connectivity index (χ4n) is 1.55. The van der Waals surface area contributed by atoms with Gasteiger partial charge in [0, 0.05) is 39.2 Å². The first-order chi connectivity index (χ1) is 7.22. The highest BCUT2D eigenvalue weighted by Gasteiger charge is 2.14. The van der Waals surface area contributed by atoms with Crippen molar-refractivity contribution in [2.45, 2.75) is 19.3 Å². The Hall–Kier alpha value is -0.650. The Balaban J connectivity index is 2.09. The molecule has 1 aliphatic heterocycles. The molecule has 0 spiro atoms. The molecule has 0 aromatic carbocycles. The minimum atomic E-state index is 0.0630. The number of aliphatic hydroxyl groups is 1. The summed E-state index contributed by atoms with van der Waals surface area (Å²) in [6.07, 6.45) is 1.97. The Kier molecular flexibility index (Phi) is 5.60. The van der Waals surface area contributed by atoms with Crippen LogP contribution in [0.3, 0.4) is 0 Å². The van der Waals surface area contributed by atoms with Crippen molar-refractivity contribution in [2.75, 3.05) is 39.8 Å². The lowest BCUT2D eigenvalue weighted by molar-refractivity contribution is -0.126. The standard InChI is InChI=1S/C10H21N3O2/c1-12-5-7-13(8-6-12)11-10(15)4-2-3-9-14/h14H,2-9H2,1H3,(H,11,15). The summed E-state index contributed by atoms with van der Waals surface area (Å²) in [6.45, 7) is 3.94. The topological polar surface area (TPSA) is 55.8 Å². The van der Waals surface area contributed by atoms with Crippen LogP contribution in [0.1, 0.15) is 19.3 Å². The summed E-state index contributed by atoms with van der Waals surface area (Å²) < 4.78 is 0. The van der Waals surface area contributed by atoms with E-state index in [2.05, 4.69) is 17.4 Å². The SMILES string of the molecule is CN1CCN(NC(=O)CCCCO)CC1. The van der Waals surface area contributed by atoms with E-state index in [0.717, 1.165) is 32.6 Å². The van der Waals surface area contributed by atoms with E-state index in [1.165, 1.54) is 0 Å². The number of aliphatic hydroxyl groups excluding tert-OH is 1. The molecule has 5 nitrogen and oxygen atoms in total. The monoisotopic (exact) mass is 215 g/mol. The number of nitrogens with zero attached hydrogens (tertiary/aromatic N) is 2. The number of piperazine rings is 1. The van der Waals surface area contributed by atoms with E-state index in [1.54, 1.807) is 0 Å². The molecule has 0 aromatic rings. The molecule has 0 aliphatic carbocycles. The van der Waals surface area contributed by atoms with Crippen LogP contribution in [0.2, 0.25) is 0 Å². The van der Waals surface area contributed by atoms with Gasteiger partial charge in [-0.15, -0.1) is 0 Å². The third-order valence-corrected chi connectivity index (χ3v) is 2.60. The second-order valence-corrected chi connectivity index (χ2v) is 4.01. The molecule has 1 aliphatic rings. The van der Waals surface area contributed by atoms with Crippen LogP contribution in [0.25, 0.3) is 0 Å². The number of hydrogen-bond acceptors (Lipinski definition) is 4. The zero-order valence-corrected chi connectivity index (χ0v) is 9.41. The molecule has 1 heterocycles. The molecule has 1 rings (SSSR count). The molecule has 5 heteroatoms. The molecule has 2 N–H and O–H groups in total. The van der Waals surface area contributed by atoms with Crippen molar-refractivity contribution in [3.63, 3.8) is 0 Å². The predicted octanol–water partition coefficient (Wildman–Crippen LogP) is -0.572. The molecule has 0 unspecified atom stereocenters. The summed E-state index contributed by atoms with van der Waals surface area (Å²) in [5.41, 5.74) is 2.88. The minimum absolute atomic E-state index is 0.0630. The Morgan fingerprint density at radius 2 is 1.93 bits per heavy atom. The van der Waals surface area contributed by atoms with Gasteiger partial charge in [-0.05, 0) is 19.9 Å². The van der Waals surface area contributed by atoms with Crippen LogP contribution < -0.4 is 5.43 Å². The van der Waals surface area contributed by atoms with Gasteiger partial charge in [-0.3, -0.25) is 10.2 Å². The molecule has 0 bridgehead atoms. The Bertz CT molecular complexity index is 191. The van der Waals surface area contributed by atoms with E-state index in [4.69, 9.17) is 5.11 Å². The average molecular weight is 215 g/mol. The quantitative estimate of drug-likeness (QED) is 0.603. The average Bonchev–Trinajstić information content (AvgIpc) is 2.22. The molecule has 0 atom stereocenters. The normalized spacial score (nSPS) is 19.1. The number of hydrogen-bond donors (Lipinski definition) is 2. The van der Waals surface area contributed by atoms with Crippen LogP contribution in [0.4, 0.5) is 0 Å². The lowest BCUT2D eigenvalue weighted by Crippen LogP contribution is -2.52. The molecule has 88 valence electrons. The van der Waals surface area contributed by atoms with Gasteiger partial charge in [-0.25, -0.2) is 5.01 Å². The van der Waals surface area contributed by atoms with Crippen LogP contribution >= 0.6 is 0 Å². The van der Waals surface area contributed by atoms with Gasteiger partial charge >= 0.3 is 0 Å². The number of unbranched alkanes of at least 4 members (excludes halogenated alkanes) is 1. The smallest absolute Gasteiger partial charge is 0.234 e. The maximum Gasteiger partial charge on any atom is 0.234 e. The van der Waals surface area contributed by atoms with Gasteiger partial charge in [-0.1, -0.05) is 0 Å². The number of rotatable bonds is 5. The first kappa shape index (κ1) is 12.4. The summed E-state index contributed by atoms with van der Waals surface area (Å²) in [4.78, 5) is 13.7. The summed E-state index contributed by atoms with van der Waals surface area (Å²) >= 11 is 0. The molecule has 0 saturated carbocycles. The lowest BCUT2D eigenvalue weighted by Gasteiger charge is -2.32. The van der Waals surface area contributed by atoms with E-state index in [0.29, 0.717) is 12.8 Å². The highest BCUT2D eigenvalue weighted by Crippen LogP contribution is 1.98. The van der Waals surface area contributed by atoms with Gasteiger partial charge in [-0.2, -0.15) is 0 Å². The van der Waals surface area contributed by atoms with Crippen LogP contribution in [0.15, 0.2) is 0 Å². The van der Waals surface area contributed by atoms with E-state index in [9.17, 15) is 4.79 Å². The molecule has 1 amide bonds. The number of amides is 1. The van der Waals surface area contributed by atoms with E-state index < -0.39 is 0 Å². The molecule has 0 aromatic heterocycles. The lowest BCUT2D eigenvalue weighted by atomic mass is 10.2. The van der Waals surface area contributed by atoms with E-state index in [-0.39, 0.29) is 12.5 Å². The van der Waals surface area contributed by atoms with E-state index in [1.807, 2.05) is 5.01 Å². The number of likely N-dealkylation sites (N-methyl/N-ethyl adjacent to an activating group) is 1. The van der Waals surface area contributed by atoms with Crippen molar-refractivity contribution in [2.24, 2.45) is 0 Å². The zero-order chi connectivity index (χ0) is 11.1. The molecule has 0 radical (unpaired) electrons. The van der Waals surface area contributed by atoms with Gasteiger partial charge < -0.3 is 10.0 Å². The largest absolute Gasteiger partial charge is 0.396 e. The number of carbonyl (C=O) groups is 1. The van der Waals surface area contributed by atoms with Crippen molar-refractivity contribution in [1.29, 1.82) is 0 Å². The second-order valence-electron chi connectivity index (χ2n) is 4.01. The van der Waals surface area contributed by atoms with Crippen molar-refractivity contribution in [3.05, 3.63) is 0 Å². The molecule has 1 fully saturated rings. The third-order valence-electron chi connectivity index (χ3n) is 2.60. The van der Waals surface area contributed by atoms with Crippen molar-refractivity contribution in [1.82, 2.24) is 15.3 Å². The third kappa shape index (κ3) is 5.11. The van der Waals surface area contributed by atoms with Crippen LogP contribution in [-0.4, -0.2) is 60.8 Å². The van der Waals surface area contributed by atoms with Crippen molar-refractivity contribution < 1.29 is 9.90 Å². The Morgan fingerprint density at radius 1 is 1.27 bits per heavy atom. The molecule has 1 saturated heterocycles. The molecular formula is C10H21N3O2. The fourth-order valence-corrected chi connectivity index (χ4v) is 1.55. The molecule has 15 heavy (non-hydrogen) atoms. The first-order valence-electron chi connectivity index (χ1n) is 5.56. The number of carbonyl (C=O) groups excluding carboxylic acids is 1. The van der Waals surface area contributed by atoms with Crippen LogP contribution in [0.5, 0.6) is 0 Å². The zero-order valence-electron chi connectivity index (χ0n) is 9.41. The highest BCUT2D eigenvalue weighted by molar-refractivity contribution is 5.75. The van der Waals surface area contributed by atoms with Crippen LogP contribution in [0, 0.1) is 0 Å². The maximum atomic E-state index is 11.4. The second kappa shape index (κ2) is 6.76. The Labute approximate surface area is 91.0 Å². The maximum absolute atomic E-state index is 11.4. The van der Waals surface area contributed by atoms with Crippen LogP contribution in [-0.2, 0) is 4.79 Å². The summed E-state index contributed by atoms with van der Waals surface area (Å²) in [7, 11) is 2.08. The number of nitrogens with one attached hydrogen (secondary N) is 1. The van der Waals surface area contributed by atoms with Crippen molar-refractivity contribution >= 4 is 5.91 Å². The van der Waals surface area contributed by atoms with Gasteiger partial charge in [0.15, 0.2) is 0 Å². The fraction of sp³-hybridized carbons (Fsp3) is 0.900. The predicted molar refractivity (Wildman–Crippen MR) is 58.1 cm³/mol. The number of hydrazine groups is 1. The van der Waals surface area contributed by atoms with Gasteiger partial charge in [0.1, 0.15) is 0 Å². The first-order valence-corrected chi connectivity index (χ1v) is 5.56. The van der Waals surface area contributed by atoms with E-state index >= 15 is 0 Å².